The summed E-state index contributed by atoms with van der Waals surface area (Å²) in [4.78, 5) is 7.25. The molecule has 1 saturated heterocycles. The molecule has 1 atom stereocenters. The van der Waals surface area contributed by atoms with Gasteiger partial charge in [-0.3, -0.25) is 9.67 Å². The second-order valence-corrected chi connectivity index (χ2v) is 7.92. The number of aryl methyl sites for hydroxylation is 3. The first kappa shape index (κ1) is 21.2. The number of nitrogens with one attached hydrogen (secondary N) is 2. The van der Waals surface area contributed by atoms with E-state index >= 15 is 0 Å². The Hall–Kier alpha value is -2.50. The Labute approximate surface area is 175 Å². The van der Waals surface area contributed by atoms with Crippen LogP contribution in [0.5, 0.6) is 0 Å². The number of anilines is 1. The maximum absolute atomic E-state index is 4.77. The Kier molecular flexibility index (Phi) is 7.55. The molecule has 6 nitrogen and oxygen atoms in total. The highest BCUT2D eigenvalue weighted by atomic mass is 15.3. The standard InChI is InChI=1S/C23H36N6/c1-5-24-23(25-12-9-15-29-19(3)16-18(2)27-29)26-20(4)21-10-8-11-22(17-21)28-13-6-7-14-28/h8,10-11,16-17,20H,5-7,9,12-15H2,1-4H3,(H2,24,25,26). The molecule has 0 aliphatic carbocycles. The molecule has 1 fully saturated rings. The van der Waals surface area contributed by atoms with Gasteiger partial charge in [-0.2, -0.15) is 5.10 Å². The van der Waals surface area contributed by atoms with Gasteiger partial charge in [0.25, 0.3) is 0 Å². The van der Waals surface area contributed by atoms with Crippen LogP contribution in [0, 0.1) is 13.8 Å². The van der Waals surface area contributed by atoms with E-state index in [9.17, 15) is 0 Å². The molecule has 3 rings (SSSR count). The monoisotopic (exact) mass is 396 g/mol. The number of aromatic nitrogens is 2. The van der Waals surface area contributed by atoms with Gasteiger partial charge in [0, 0.05) is 44.1 Å². The van der Waals surface area contributed by atoms with Gasteiger partial charge in [-0.25, -0.2) is 0 Å². The summed E-state index contributed by atoms with van der Waals surface area (Å²) < 4.78 is 2.07. The van der Waals surface area contributed by atoms with Crippen LogP contribution in [0.4, 0.5) is 5.69 Å². The average molecular weight is 397 g/mol. The maximum atomic E-state index is 4.77. The molecule has 0 spiro atoms. The molecule has 2 N–H and O–H groups in total. The molecule has 0 radical (unpaired) electrons. The third kappa shape index (κ3) is 5.99. The normalized spacial score (nSPS) is 15.6. The van der Waals surface area contributed by atoms with E-state index < -0.39 is 0 Å². The number of nitrogens with zero attached hydrogens (tertiary/aromatic N) is 4. The molecule has 0 amide bonds. The molecule has 0 saturated carbocycles. The molecule has 1 aromatic heterocycles. The zero-order valence-corrected chi connectivity index (χ0v) is 18.4. The van der Waals surface area contributed by atoms with Crippen LogP contribution in [-0.4, -0.2) is 41.9 Å². The van der Waals surface area contributed by atoms with Crippen LogP contribution in [0.15, 0.2) is 35.3 Å². The molecule has 2 aromatic rings. The van der Waals surface area contributed by atoms with E-state index in [1.165, 1.54) is 42.9 Å². The van der Waals surface area contributed by atoms with Crippen molar-refractivity contribution in [1.29, 1.82) is 0 Å². The van der Waals surface area contributed by atoms with Crippen molar-refractivity contribution in [3.05, 3.63) is 47.3 Å². The van der Waals surface area contributed by atoms with E-state index in [-0.39, 0.29) is 6.04 Å². The third-order valence-corrected chi connectivity index (χ3v) is 5.44. The fraction of sp³-hybridized carbons (Fsp3) is 0.565. The molecule has 1 unspecified atom stereocenters. The van der Waals surface area contributed by atoms with Gasteiger partial charge >= 0.3 is 0 Å². The van der Waals surface area contributed by atoms with E-state index in [0.29, 0.717) is 0 Å². The molecule has 1 aliphatic heterocycles. The van der Waals surface area contributed by atoms with Gasteiger partial charge in [0.15, 0.2) is 5.96 Å². The second kappa shape index (κ2) is 10.3. The molecular formula is C23H36N6. The molecular weight excluding hydrogens is 360 g/mol. The summed E-state index contributed by atoms with van der Waals surface area (Å²) in [5, 5.41) is 11.5. The number of rotatable bonds is 8. The van der Waals surface area contributed by atoms with Crippen molar-refractivity contribution in [2.24, 2.45) is 4.99 Å². The Morgan fingerprint density at radius 3 is 2.69 bits per heavy atom. The number of guanidine groups is 1. The summed E-state index contributed by atoms with van der Waals surface area (Å²) in [7, 11) is 0. The SMILES string of the molecule is CCNC(=NCCCn1nc(C)cc1C)NC(C)c1cccc(N2CCCC2)c1. The van der Waals surface area contributed by atoms with Crippen LogP contribution in [0.2, 0.25) is 0 Å². The highest BCUT2D eigenvalue weighted by molar-refractivity contribution is 5.80. The maximum Gasteiger partial charge on any atom is 0.191 e. The number of hydrogen-bond donors (Lipinski definition) is 2. The summed E-state index contributed by atoms with van der Waals surface area (Å²) >= 11 is 0. The van der Waals surface area contributed by atoms with Gasteiger partial charge in [0.2, 0.25) is 0 Å². The van der Waals surface area contributed by atoms with Crippen LogP contribution in [0.1, 0.15) is 56.1 Å². The van der Waals surface area contributed by atoms with Crippen LogP contribution in [0.25, 0.3) is 0 Å². The summed E-state index contributed by atoms with van der Waals surface area (Å²) in [5.74, 6) is 0.875. The van der Waals surface area contributed by atoms with Crippen molar-refractivity contribution >= 4 is 11.6 Å². The molecule has 158 valence electrons. The van der Waals surface area contributed by atoms with Crippen LogP contribution < -0.4 is 15.5 Å². The Morgan fingerprint density at radius 1 is 1.21 bits per heavy atom. The third-order valence-electron chi connectivity index (χ3n) is 5.44. The second-order valence-electron chi connectivity index (χ2n) is 7.92. The highest BCUT2D eigenvalue weighted by Gasteiger charge is 2.14. The van der Waals surface area contributed by atoms with Gasteiger partial charge < -0.3 is 15.5 Å². The minimum Gasteiger partial charge on any atom is -0.372 e. The Balaban J connectivity index is 1.56. The van der Waals surface area contributed by atoms with Gasteiger partial charge in [0.1, 0.15) is 0 Å². The van der Waals surface area contributed by atoms with Crippen molar-refractivity contribution in [2.45, 2.75) is 59.5 Å². The van der Waals surface area contributed by atoms with Gasteiger partial charge in [-0.05, 0) is 70.7 Å². The lowest BCUT2D eigenvalue weighted by molar-refractivity contribution is 0.566. The minimum absolute atomic E-state index is 0.200. The van der Waals surface area contributed by atoms with Gasteiger partial charge in [0.05, 0.1) is 11.7 Å². The summed E-state index contributed by atoms with van der Waals surface area (Å²) in [6.45, 7) is 13.3. The first-order valence-corrected chi connectivity index (χ1v) is 11.0. The van der Waals surface area contributed by atoms with E-state index in [2.05, 4.69) is 76.4 Å². The largest absolute Gasteiger partial charge is 0.372 e. The zero-order chi connectivity index (χ0) is 20.6. The predicted octanol–water partition coefficient (Wildman–Crippen LogP) is 3.81. The van der Waals surface area contributed by atoms with E-state index in [0.717, 1.165) is 37.7 Å². The highest BCUT2D eigenvalue weighted by Crippen LogP contribution is 2.23. The van der Waals surface area contributed by atoms with Crippen molar-refractivity contribution in [1.82, 2.24) is 20.4 Å². The fourth-order valence-electron chi connectivity index (χ4n) is 3.89. The number of aliphatic imine (C=N–C) groups is 1. The molecule has 2 heterocycles. The van der Waals surface area contributed by atoms with Crippen LogP contribution in [-0.2, 0) is 6.54 Å². The Bertz CT molecular complexity index is 803. The summed E-state index contributed by atoms with van der Waals surface area (Å²) in [5.41, 5.74) is 4.91. The lowest BCUT2D eigenvalue weighted by Gasteiger charge is -2.22. The summed E-state index contributed by atoms with van der Waals surface area (Å²) in [6, 6.07) is 11.2. The molecule has 1 aliphatic rings. The van der Waals surface area contributed by atoms with E-state index in [4.69, 9.17) is 4.99 Å². The number of benzene rings is 1. The zero-order valence-electron chi connectivity index (χ0n) is 18.4. The minimum atomic E-state index is 0.200. The van der Waals surface area contributed by atoms with E-state index in [1.807, 2.05) is 6.92 Å². The molecule has 6 heteroatoms. The fourth-order valence-corrected chi connectivity index (χ4v) is 3.89. The first-order chi connectivity index (χ1) is 14.1. The quantitative estimate of drug-likeness (QED) is 0.405. The lowest BCUT2D eigenvalue weighted by Crippen LogP contribution is -2.38. The van der Waals surface area contributed by atoms with Crippen LogP contribution >= 0.6 is 0 Å². The topological polar surface area (TPSA) is 57.5 Å². The van der Waals surface area contributed by atoms with Crippen molar-refractivity contribution in [2.75, 3.05) is 31.1 Å². The molecule has 0 bridgehead atoms. The van der Waals surface area contributed by atoms with Gasteiger partial charge in [-0.15, -0.1) is 0 Å². The number of hydrogen-bond acceptors (Lipinski definition) is 3. The van der Waals surface area contributed by atoms with Crippen molar-refractivity contribution in [3.63, 3.8) is 0 Å². The Morgan fingerprint density at radius 2 is 2.00 bits per heavy atom. The smallest absolute Gasteiger partial charge is 0.191 e. The van der Waals surface area contributed by atoms with Crippen molar-refractivity contribution in [3.8, 4) is 0 Å². The lowest BCUT2D eigenvalue weighted by atomic mass is 10.1. The molecule has 1 aromatic carbocycles. The summed E-state index contributed by atoms with van der Waals surface area (Å²) in [6.07, 6.45) is 3.57. The average Bonchev–Trinajstić information content (AvgIpc) is 3.35. The molecule has 29 heavy (non-hydrogen) atoms. The van der Waals surface area contributed by atoms with Crippen molar-refractivity contribution < 1.29 is 0 Å². The predicted molar refractivity (Wildman–Crippen MR) is 122 cm³/mol. The van der Waals surface area contributed by atoms with Gasteiger partial charge in [-0.1, -0.05) is 12.1 Å². The van der Waals surface area contributed by atoms with E-state index in [1.54, 1.807) is 0 Å². The van der Waals surface area contributed by atoms with Crippen LogP contribution in [0.3, 0.4) is 0 Å². The first-order valence-electron chi connectivity index (χ1n) is 11.0.